The van der Waals surface area contributed by atoms with Gasteiger partial charge in [-0.3, -0.25) is 0 Å². The first-order valence-corrected chi connectivity index (χ1v) is 5.17. The van der Waals surface area contributed by atoms with Crippen LogP contribution in [0.25, 0.3) is 0 Å². The first-order valence-electron chi connectivity index (χ1n) is 5.17. The van der Waals surface area contributed by atoms with Crippen LogP contribution in [0.5, 0.6) is 5.75 Å². The number of aryl methyl sites for hydroxylation is 1. The SMILES string of the molecule is COc1cc(C2(CN)CC2)c(C)cc1F. The zero-order chi connectivity index (χ0) is 11.1. The summed E-state index contributed by atoms with van der Waals surface area (Å²) in [5.41, 5.74) is 7.96. The van der Waals surface area contributed by atoms with Gasteiger partial charge < -0.3 is 10.5 Å². The van der Waals surface area contributed by atoms with Crippen molar-refractivity contribution in [3.8, 4) is 5.75 Å². The number of methoxy groups -OCH3 is 1. The van der Waals surface area contributed by atoms with Crippen molar-refractivity contribution < 1.29 is 9.13 Å². The van der Waals surface area contributed by atoms with E-state index < -0.39 is 0 Å². The number of benzene rings is 1. The molecule has 2 N–H and O–H groups in total. The van der Waals surface area contributed by atoms with Gasteiger partial charge in [0.05, 0.1) is 7.11 Å². The highest BCUT2D eigenvalue weighted by Gasteiger charge is 2.44. The lowest BCUT2D eigenvalue weighted by Crippen LogP contribution is -2.21. The fourth-order valence-corrected chi connectivity index (χ4v) is 2.11. The van der Waals surface area contributed by atoms with Crippen molar-refractivity contribution in [3.63, 3.8) is 0 Å². The van der Waals surface area contributed by atoms with Gasteiger partial charge in [-0.2, -0.15) is 0 Å². The summed E-state index contributed by atoms with van der Waals surface area (Å²) in [5.74, 6) is 0.0156. The third kappa shape index (κ3) is 1.61. The molecule has 1 saturated carbocycles. The maximum atomic E-state index is 13.4. The Balaban J connectivity index is 2.47. The Hall–Kier alpha value is -1.09. The van der Waals surface area contributed by atoms with Crippen LogP contribution in [-0.2, 0) is 5.41 Å². The first kappa shape index (κ1) is 10.4. The Morgan fingerprint density at radius 3 is 2.60 bits per heavy atom. The molecule has 1 aliphatic rings. The van der Waals surface area contributed by atoms with Gasteiger partial charge in [0.2, 0.25) is 0 Å². The summed E-state index contributed by atoms with van der Waals surface area (Å²) < 4.78 is 18.4. The van der Waals surface area contributed by atoms with Crippen LogP contribution < -0.4 is 10.5 Å². The van der Waals surface area contributed by atoms with Crippen molar-refractivity contribution in [1.29, 1.82) is 0 Å². The van der Waals surface area contributed by atoms with E-state index in [1.54, 1.807) is 6.07 Å². The molecular weight excluding hydrogens is 193 g/mol. The molecule has 0 aromatic heterocycles. The Morgan fingerprint density at radius 1 is 1.47 bits per heavy atom. The fourth-order valence-electron chi connectivity index (χ4n) is 2.11. The summed E-state index contributed by atoms with van der Waals surface area (Å²) >= 11 is 0. The van der Waals surface area contributed by atoms with Gasteiger partial charge in [-0.1, -0.05) is 0 Å². The zero-order valence-electron chi connectivity index (χ0n) is 9.14. The van der Waals surface area contributed by atoms with E-state index in [-0.39, 0.29) is 11.2 Å². The molecule has 15 heavy (non-hydrogen) atoms. The lowest BCUT2D eigenvalue weighted by atomic mass is 9.91. The molecule has 2 nitrogen and oxygen atoms in total. The molecule has 0 bridgehead atoms. The molecule has 1 aliphatic carbocycles. The van der Waals surface area contributed by atoms with Crippen LogP contribution in [-0.4, -0.2) is 13.7 Å². The number of nitrogens with two attached hydrogens (primary N) is 1. The lowest BCUT2D eigenvalue weighted by Gasteiger charge is -2.17. The van der Waals surface area contributed by atoms with Crippen molar-refractivity contribution in [2.75, 3.05) is 13.7 Å². The predicted molar refractivity (Wildman–Crippen MR) is 57.7 cm³/mol. The summed E-state index contributed by atoms with van der Waals surface area (Å²) in [5, 5.41) is 0. The summed E-state index contributed by atoms with van der Waals surface area (Å²) in [7, 11) is 1.49. The van der Waals surface area contributed by atoms with Crippen LogP contribution in [0.4, 0.5) is 4.39 Å². The molecule has 0 atom stereocenters. The highest BCUT2D eigenvalue weighted by atomic mass is 19.1. The second kappa shape index (κ2) is 3.49. The van der Waals surface area contributed by atoms with Crippen LogP contribution in [0.15, 0.2) is 12.1 Å². The van der Waals surface area contributed by atoms with Crippen molar-refractivity contribution in [3.05, 3.63) is 29.1 Å². The average molecular weight is 209 g/mol. The van der Waals surface area contributed by atoms with E-state index in [0.29, 0.717) is 12.3 Å². The smallest absolute Gasteiger partial charge is 0.165 e. The minimum atomic E-state index is -0.299. The molecule has 1 aromatic carbocycles. The molecule has 0 saturated heterocycles. The molecule has 82 valence electrons. The van der Waals surface area contributed by atoms with Crippen molar-refractivity contribution in [1.82, 2.24) is 0 Å². The van der Waals surface area contributed by atoms with Crippen LogP contribution in [0.3, 0.4) is 0 Å². The van der Waals surface area contributed by atoms with Gasteiger partial charge >= 0.3 is 0 Å². The first-order chi connectivity index (χ1) is 7.13. The van der Waals surface area contributed by atoms with Crippen LogP contribution >= 0.6 is 0 Å². The largest absolute Gasteiger partial charge is 0.494 e. The van der Waals surface area contributed by atoms with Crippen molar-refractivity contribution in [2.24, 2.45) is 5.73 Å². The summed E-state index contributed by atoms with van der Waals surface area (Å²) in [6, 6.07) is 3.33. The van der Waals surface area contributed by atoms with Gasteiger partial charge in [0, 0.05) is 12.0 Å². The van der Waals surface area contributed by atoms with Crippen LogP contribution in [0, 0.1) is 12.7 Å². The molecule has 0 aliphatic heterocycles. The predicted octanol–water partition coefficient (Wildman–Crippen LogP) is 2.13. The maximum absolute atomic E-state index is 13.4. The van der Waals surface area contributed by atoms with E-state index in [2.05, 4.69) is 0 Å². The standard InChI is InChI=1S/C12H16FNO/c1-8-5-10(13)11(15-2)6-9(8)12(7-14)3-4-12/h5-6H,3-4,7,14H2,1-2H3. The summed E-state index contributed by atoms with van der Waals surface area (Å²) in [4.78, 5) is 0. The number of hydrogen-bond acceptors (Lipinski definition) is 2. The minimum Gasteiger partial charge on any atom is -0.494 e. The van der Waals surface area contributed by atoms with E-state index in [1.807, 2.05) is 6.92 Å². The number of hydrogen-bond donors (Lipinski definition) is 1. The third-order valence-corrected chi connectivity index (χ3v) is 3.31. The van der Waals surface area contributed by atoms with Crippen molar-refractivity contribution >= 4 is 0 Å². The van der Waals surface area contributed by atoms with Crippen LogP contribution in [0.2, 0.25) is 0 Å². The molecule has 0 heterocycles. The fraction of sp³-hybridized carbons (Fsp3) is 0.500. The molecule has 3 heteroatoms. The molecular formula is C12H16FNO. The van der Waals surface area contributed by atoms with Gasteiger partial charge in [0.1, 0.15) is 0 Å². The molecule has 0 amide bonds. The highest BCUT2D eigenvalue weighted by Crippen LogP contribution is 2.49. The molecule has 2 rings (SSSR count). The van der Waals surface area contributed by atoms with Gasteiger partial charge in [-0.25, -0.2) is 4.39 Å². The van der Waals surface area contributed by atoms with E-state index in [9.17, 15) is 4.39 Å². The quantitative estimate of drug-likeness (QED) is 0.827. The van der Waals surface area contributed by atoms with Gasteiger partial charge in [-0.05, 0) is 43.0 Å². The summed E-state index contributed by atoms with van der Waals surface area (Å²) in [6.07, 6.45) is 2.19. The second-order valence-electron chi connectivity index (χ2n) is 4.29. The Labute approximate surface area is 89.2 Å². The molecule has 1 aromatic rings. The monoisotopic (exact) mass is 209 g/mol. The molecule has 0 spiro atoms. The summed E-state index contributed by atoms with van der Waals surface area (Å²) in [6.45, 7) is 2.55. The molecule has 1 fully saturated rings. The Bertz CT molecular complexity index is 385. The number of halogens is 1. The Kier molecular flexibility index (Phi) is 2.43. The van der Waals surface area contributed by atoms with Gasteiger partial charge in [-0.15, -0.1) is 0 Å². The van der Waals surface area contributed by atoms with E-state index >= 15 is 0 Å². The normalized spacial score (nSPS) is 17.6. The molecule has 0 radical (unpaired) electrons. The molecule has 0 unspecified atom stereocenters. The number of rotatable bonds is 3. The van der Waals surface area contributed by atoms with E-state index in [1.165, 1.54) is 13.2 Å². The van der Waals surface area contributed by atoms with Crippen molar-refractivity contribution in [2.45, 2.75) is 25.2 Å². The second-order valence-corrected chi connectivity index (χ2v) is 4.29. The third-order valence-electron chi connectivity index (χ3n) is 3.31. The zero-order valence-corrected chi connectivity index (χ0v) is 9.14. The maximum Gasteiger partial charge on any atom is 0.165 e. The van der Waals surface area contributed by atoms with Crippen LogP contribution in [0.1, 0.15) is 24.0 Å². The lowest BCUT2D eigenvalue weighted by molar-refractivity contribution is 0.385. The topological polar surface area (TPSA) is 35.2 Å². The Morgan fingerprint density at radius 2 is 2.13 bits per heavy atom. The van der Waals surface area contributed by atoms with E-state index in [4.69, 9.17) is 10.5 Å². The van der Waals surface area contributed by atoms with Gasteiger partial charge in [0.25, 0.3) is 0 Å². The highest BCUT2D eigenvalue weighted by molar-refractivity contribution is 5.44. The minimum absolute atomic E-state index is 0.0884. The van der Waals surface area contributed by atoms with E-state index in [0.717, 1.165) is 24.0 Å². The number of ether oxygens (including phenoxy) is 1. The average Bonchev–Trinajstić information content (AvgIpc) is 2.99. The van der Waals surface area contributed by atoms with Gasteiger partial charge in [0.15, 0.2) is 11.6 Å².